The van der Waals surface area contributed by atoms with Crippen LogP contribution in [0.15, 0.2) is 12.3 Å². The second-order valence-corrected chi connectivity index (χ2v) is 3.16. The van der Waals surface area contributed by atoms with Crippen LogP contribution < -0.4 is 5.32 Å². The summed E-state index contributed by atoms with van der Waals surface area (Å²) in [5.41, 5.74) is -0.183. The van der Waals surface area contributed by atoms with Crippen molar-refractivity contribution in [3.8, 4) is 0 Å². The fourth-order valence-corrected chi connectivity index (χ4v) is 1.06. The summed E-state index contributed by atoms with van der Waals surface area (Å²) in [5, 5.41) is 13.7. The molecule has 17 heavy (non-hydrogen) atoms. The zero-order chi connectivity index (χ0) is 13.2. The monoisotopic (exact) mass is 251 g/mol. The van der Waals surface area contributed by atoms with E-state index in [0.717, 1.165) is 0 Å². The van der Waals surface area contributed by atoms with Gasteiger partial charge in [0.1, 0.15) is 0 Å². The highest BCUT2D eigenvalue weighted by molar-refractivity contribution is 5.87. The zero-order valence-corrected chi connectivity index (χ0v) is 8.52. The molecule has 9 heteroatoms. The van der Waals surface area contributed by atoms with Gasteiger partial charge in [0.15, 0.2) is 6.04 Å². The van der Waals surface area contributed by atoms with Crippen LogP contribution >= 0.6 is 0 Å². The second kappa shape index (κ2) is 4.44. The van der Waals surface area contributed by atoms with Crippen molar-refractivity contribution in [3.05, 3.63) is 18.0 Å². The predicted molar refractivity (Wildman–Crippen MR) is 47.8 cm³/mol. The molecule has 0 saturated carbocycles. The third-order valence-corrected chi connectivity index (χ3v) is 1.81. The van der Waals surface area contributed by atoms with Crippen molar-refractivity contribution in [3.63, 3.8) is 0 Å². The van der Waals surface area contributed by atoms with Gasteiger partial charge in [0.25, 0.3) is 0 Å². The lowest BCUT2D eigenvalue weighted by Crippen LogP contribution is -2.42. The molecule has 0 fully saturated rings. The third-order valence-electron chi connectivity index (χ3n) is 1.81. The molecule has 1 amide bonds. The Balaban J connectivity index is 2.89. The number of aliphatic carboxylic acids is 1. The van der Waals surface area contributed by atoms with Crippen LogP contribution in [0.5, 0.6) is 0 Å². The largest absolute Gasteiger partial charge is 0.479 e. The average Bonchev–Trinajstić information content (AvgIpc) is 2.58. The number of hydrogen-bond acceptors (Lipinski definition) is 3. The molecule has 0 spiro atoms. The summed E-state index contributed by atoms with van der Waals surface area (Å²) in [7, 11) is 1.47. The standard InChI is InChI=1S/C8H8F3N3O3/c1-14-3-2-4(13-14)5(6(15)16)12-7(17)8(9,10)11/h2-3,5H,1H3,(H,12,17)(H,15,16). The van der Waals surface area contributed by atoms with Crippen molar-refractivity contribution in [1.82, 2.24) is 15.1 Å². The minimum atomic E-state index is -5.14. The van der Waals surface area contributed by atoms with E-state index in [1.54, 1.807) is 0 Å². The van der Waals surface area contributed by atoms with E-state index in [1.165, 1.54) is 29.3 Å². The molecule has 94 valence electrons. The van der Waals surface area contributed by atoms with Crippen molar-refractivity contribution in [2.75, 3.05) is 0 Å². The van der Waals surface area contributed by atoms with Gasteiger partial charge in [-0.15, -0.1) is 0 Å². The van der Waals surface area contributed by atoms with E-state index in [9.17, 15) is 22.8 Å². The van der Waals surface area contributed by atoms with Crippen molar-refractivity contribution >= 4 is 11.9 Å². The predicted octanol–water partition coefficient (Wildman–Crippen LogP) is 0.224. The van der Waals surface area contributed by atoms with E-state index in [0.29, 0.717) is 0 Å². The number of carboxylic acid groups (broad SMARTS) is 1. The van der Waals surface area contributed by atoms with Crippen molar-refractivity contribution in [2.45, 2.75) is 12.2 Å². The van der Waals surface area contributed by atoms with Crippen LogP contribution in [0.4, 0.5) is 13.2 Å². The number of carbonyl (C=O) groups is 2. The van der Waals surface area contributed by atoms with Crippen LogP contribution in [0.25, 0.3) is 0 Å². The van der Waals surface area contributed by atoms with Gasteiger partial charge in [0.2, 0.25) is 0 Å². The Hall–Kier alpha value is -2.06. The minimum absolute atomic E-state index is 0.183. The Morgan fingerprint density at radius 1 is 1.53 bits per heavy atom. The Morgan fingerprint density at radius 3 is 2.47 bits per heavy atom. The van der Waals surface area contributed by atoms with E-state index in [-0.39, 0.29) is 5.69 Å². The molecule has 0 saturated heterocycles. The molecule has 1 atom stereocenters. The van der Waals surface area contributed by atoms with Crippen LogP contribution in [0, 0.1) is 0 Å². The van der Waals surface area contributed by atoms with E-state index >= 15 is 0 Å². The summed E-state index contributed by atoms with van der Waals surface area (Å²) in [6.07, 6.45) is -3.78. The molecular formula is C8H8F3N3O3. The van der Waals surface area contributed by atoms with Crippen LogP contribution in [-0.2, 0) is 16.6 Å². The van der Waals surface area contributed by atoms with E-state index in [2.05, 4.69) is 5.10 Å². The van der Waals surface area contributed by atoms with E-state index in [1.807, 2.05) is 0 Å². The summed E-state index contributed by atoms with van der Waals surface area (Å²) < 4.78 is 37.1. The topological polar surface area (TPSA) is 84.2 Å². The van der Waals surface area contributed by atoms with Gasteiger partial charge in [-0.25, -0.2) is 4.79 Å². The summed E-state index contributed by atoms with van der Waals surface area (Å²) in [6, 6.07) is -0.625. The number of aromatic nitrogens is 2. The van der Waals surface area contributed by atoms with Gasteiger partial charge in [-0.05, 0) is 6.07 Å². The molecule has 6 nitrogen and oxygen atoms in total. The SMILES string of the molecule is Cn1ccc(C(NC(=O)C(F)(F)F)C(=O)O)n1. The lowest BCUT2D eigenvalue weighted by molar-refractivity contribution is -0.175. The Kier molecular flexibility index (Phi) is 3.39. The maximum atomic E-state index is 12.0. The van der Waals surface area contributed by atoms with Crippen molar-refractivity contribution in [2.24, 2.45) is 7.05 Å². The van der Waals surface area contributed by atoms with Crippen molar-refractivity contribution in [1.29, 1.82) is 0 Å². The highest BCUT2D eigenvalue weighted by atomic mass is 19.4. The summed E-state index contributed by atoms with van der Waals surface area (Å²) in [5.74, 6) is -3.95. The summed E-state index contributed by atoms with van der Waals surface area (Å²) in [4.78, 5) is 21.4. The first-order valence-electron chi connectivity index (χ1n) is 4.32. The van der Waals surface area contributed by atoms with Gasteiger partial charge in [-0.2, -0.15) is 18.3 Å². The van der Waals surface area contributed by atoms with Gasteiger partial charge in [-0.1, -0.05) is 0 Å². The molecule has 1 aromatic rings. The van der Waals surface area contributed by atoms with Crippen LogP contribution in [0.3, 0.4) is 0 Å². The lowest BCUT2D eigenvalue weighted by atomic mass is 10.2. The number of nitrogens with one attached hydrogen (secondary N) is 1. The normalized spacial score (nSPS) is 13.2. The van der Waals surface area contributed by atoms with Gasteiger partial charge in [0.05, 0.1) is 5.69 Å². The first-order chi connectivity index (χ1) is 7.71. The van der Waals surface area contributed by atoms with Gasteiger partial charge in [0, 0.05) is 13.2 Å². The molecule has 2 N–H and O–H groups in total. The van der Waals surface area contributed by atoms with Crippen LogP contribution in [0.2, 0.25) is 0 Å². The number of aryl methyl sites for hydroxylation is 1. The second-order valence-electron chi connectivity index (χ2n) is 3.16. The molecule has 0 aliphatic carbocycles. The smallest absolute Gasteiger partial charge is 0.471 e. The quantitative estimate of drug-likeness (QED) is 0.805. The summed E-state index contributed by atoms with van der Waals surface area (Å²) in [6.45, 7) is 0. The Bertz CT molecular complexity index is 441. The molecule has 0 radical (unpaired) electrons. The first kappa shape index (κ1) is 13.0. The van der Waals surface area contributed by atoms with Gasteiger partial charge < -0.3 is 10.4 Å². The maximum Gasteiger partial charge on any atom is 0.471 e. The summed E-state index contributed by atoms with van der Waals surface area (Å²) >= 11 is 0. The molecule has 0 aliphatic heterocycles. The molecule has 0 aliphatic rings. The molecule has 0 bridgehead atoms. The van der Waals surface area contributed by atoms with E-state index in [4.69, 9.17) is 5.11 Å². The molecule has 1 rings (SSSR count). The highest BCUT2D eigenvalue weighted by Gasteiger charge is 2.41. The fourth-order valence-electron chi connectivity index (χ4n) is 1.06. The lowest BCUT2D eigenvalue weighted by Gasteiger charge is -2.13. The third kappa shape index (κ3) is 3.20. The highest BCUT2D eigenvalue weighted by Crippen LogP contribution is 2.18. The van der Waals surface area contributed by atoms with Crippen molar-refractivity contribution < 1.29 is 27.9 Å². The van der Waals surface area contributed by atoms with Crippen LogP contribution in [-0.4, -0.2) is 32.9 Å². The number of rotatable bonds is 3. The number of amides is 1. The Labute approximate surface area is 93.0 Å². The maximum absolute atomic E-state index is 12.0. The minimum Gasteiger partial charge on any atom is -0.479 e. The molecule has 1 unspecified atom stereocenters. The first-order valence-corrected chi connectivity index (χ1v) is 4.32. The number of hydrogen-bond donors (Lipinski definition) is 2. The number of carbonyl (C=O) groups excluding carboxylic acids is 1. The van der Waals surface area contributed by atoms with E-state index < -0.39 is 24.1 Å². The number of carboxylic acids is 1. The molecule has 1 heterocycles. The molecule has 0 aromatic carbocycles. The number of halogens is 3. The number of alkyl halides is 3. The molecular weight excluding hydrogens is 243 g/mol. The average molecular weight is 251 g/mol. The zero-order valence-electron chi connectivity index (χ0n) is 8.52. The van der Waals surface area contributed by atoms with Crippen LogP contribution in [0.1, 0.15) is 11.7 Å². The Morgan fingerprint density at radius 2 is 2.12 bits per heavy atom. The number of nitrogens with zero attached hydrogens (tertiary/aromatic N) is 2. The van der Waals surface area contributed by atoms with Gasteiger partial charge in [-0.3, -0.25) is 9.48 Å². The van der Waals surface area contributed by atoms with Gasteiger partial charge >= 0.3 is 18.1 Å². The molecule has 1 aromatic heterocycles. The fraction of sp³-hybridized carbons (Fsp3) is 0.375.